The van der Waals surface area contributed by atoms with Crippen LogP contribution in [-0.2, 0) is 4.74 Å². The van der Waals surface area contributed by atoms with Crippen LogP contribution < -0.4 is 0 Å². The molecule has 1 saturated heterocycles. The fraction of sp³-hybridized carbons (Fsp3) is 1.00. The second-order valence-corrected chi connectivity index (χ2v) is 3.05. The van der Waals surface area contributed by atoms with Gasteiger partial charge < -0.3 is 4.74 Å². The molecule has 0 amide bonds. The lowest BCUT2D eigenvalue weighted by Gasteiger charge is -2.37. The van der Waals surface area contributed by atoms with Gasteiger partial charge in [0.2, 0.25) is 0 Å². The molecule has 1 aliphatic rings. The van der Waals surface area contributed by atoms with E-state index in [0.29, 0.717) is 5.41 Å². The molecule has 1 nitrogen and oxygen atoms in total. The van der Waals surface area contributed by atoms with Crippen molar-refractivity contribution < 1.29 is 4.74 Å². The Balaban J connectivity index is 2.20. The van der Waals surface area contributed by atoms with Gasteiger partial charge in [0.15, 0.2) is 0 Å². The van der Waals surface area contributed by atoms with E-state index in [2.05, 4.69) is 13.8 Å². The van der Waals surface area contributed by atoms with Crippen LogP contribution in [-0.4, -0.2) is 13.2 Å². The highest BCUT2D eigenvalue weighted by atomic mass is 16.5. The van der Waals surface area contributed by atoms with Crippen molar-refractivity contribution in [2.24, 2.45) is 5.41 Å². The second-order valence-electron chi connectivity index (χ2n) is 3.05. The fourth-order valence-electron chi connectivity index (χ4n) is 1.20. The molecule has 0 atom stereocenters. The predicted octanol–water partition coefficient (Wildman–Crippen LogP) is 1.82. The van der Waals surface area contributed by atoms with Gasteiger partial charge in [-0.1, -0.05) is 20.3 Å². The van der Waals surface area contributed by atoms with Crippen LogP contribution in [0.2, 0.25) is 0 Å². The molecule has 1 rings (SSSR count). The topological polar surface area (TPSA) is 9.23 Å². The average molecular weight is 114 g/mol. The summed E-state index contributed by atoms with van der Waals surface area (Å²) in [6, 6.07) is 0. The van der Waals surface area contributed by atoms with E-state index in [1.54, 1.807) is 0 Å². The Kier molecular flexibility index (Phi) is 1.57. The molecule has 0 saturated carbocycles. The number of ether oxygens (including phenoxy) is 1. The van der Waals surface area contributed by atoms with Crippen LogP contribution in [0.3, 0.4) is 0 Å². The van der Waals surface area contributed by atoms with Crippen LogP contribution in [0.4, 0.5) is 0 Å². The first-order chi connectivity index (χ1) is 3.77. The van der Waals surface area contributed by atoms with Crippen molar-refractivity contribution in [1.29, 1.82) is 0 Å². The van der Waals surface area contributed by atoms with Crippen molar-refractivity contribution in [2.75, 3.05) is 13.2 Å². The maximum atomic E-state index is 5.09. The van der Waals surface area contributed by atoms with Crippen molar-refractivity contribution in [2.45, 2.75) is 26.7 Å². The first-order valence-electron chi connectivity index (χ1n) is 3.35. The number of hydrogen-bond acceptors (Lipinski definition) is 1. The highest BCUT2D eigenvalue weighted by Crippen LogP contribution is 2.31. The van der Waals surface area contributed by atoms with Crippen LogP contribution in [0.25, 0.3) is 0 Å². The first kappa shape index (κ1) is 6.09. The van der Waals surface area contributed by atoms with Crippen molar-refractivity contribution in [3.05, 3.63) is 0 Å². The summed E-state index contributed by atoms with van der Waals surface area (Å²) in [5.74, 6) is 0. The Morgan fingerprint density at radius 2 is 2.12 bits per heavy atom. The van der Waals surface area contributed by atoms with Gasteiger partial charge in [-0.2, -0.15) is 0 Å². The monoisotopic (exact) mass is 114 g/mol. The van der Waals surface area contributed by atoms with Gasteiger partial charge >= 0.3 is 0 Å². The standard InChI is InChI=1S/C7H14O/c1-3-4-7(2)5-8-6-7/h3-6H2,1-2H3. The summed E-state index contributed by atoms with van der Waals surface area (Å²) < 4.78 is 5.09. The minimum Gasteiger partial charge on any atom is -0.380 e. The van der Waals surface area contributed by atoms with E-state index < -0.39 is 0 Å². The van der Waals surface area contributed by atoms with Gasteiger partial charge in [0.25, 0.3) is 0 Å². The smallest absolute Gasteiger partial charge is 0.0542 e. The van der Waals surface area contributed by atoms with E-state index in [-0.39, 0.29) is 0 Å². The largest absolute Gasteiger partial charge is 0.380 e. The zero-order chi connectivity index (χ0) is 6.04. The fourth-order valence-corrected chi connectivity index (χ4v) is 1.20. The molecular formula is C7H14O. The van der Waals surface area contributed by atoms with Crippen molar-refractivity contribution in [1.82, 2.24) is 0 Å². The maximum absolute atomic E-state index is 5.09. The third-order valence-corrected chi connectivity index (χ3v) is 1.75. The Morgan fingerprint density at radius 1 is 1.50 bits per heavy atom. The summed E-state index contributed by atoms with van der Waals surface area (Å²) in [7, 11) is 0. The first-order valence-corrected chi connectivity index (χ1v) is 3.35. The Bertz CT molecular complexity index is 74.5. The van der Waals surface area contributed by atoms with E-state index in [9.17, 15) is 0 Å². The van der Waals surface area contributed by atoms with Crippen molar-refractivity contribution in [3.8, 4) is 0 Å². The third kappa shape index (κ3) is 1.03. The minimum atomic E-state index is 0.550. The molecule has 0 aromatic rings. The summed E-state index contributed by atoms with van der Waals surface area (Å²) in [6.45, 7) is 6.49. The normalized spacial score (nSPS) is 24.8. The van der Waals surface area contributed by atoms with Gasteiger partial charge in [0.1, 0.15) is 0 Å². The molecule has 0 unspecified atom stereocenters. The molecule has 0 aliphatic carbocycles. The zero-order valence-electron chi connectivity index (χ0n) is 5.74. The zero-order valence-corrected chi connectivity index (χ0v) is 5.74. The molecule has 0 aromatic heterocycles. The van der Waals surface area contributed by atoms with E-state index in [0.717, 1.165) is 13.2 Å². The third-order valence-electron chi connectivity index (χ3n) is 1.75. The molecule has 0 bridgehead atoms. The van der Waals surface area contributed by atoms with Gasteiger partial charge in [-0.3, -0.25) is 0 Å². The lowest BCUT2D eigenvalue weighted by atomic mass is 9.84. The molecule has 48 valence electrons. The Labute approximate surface area is 51.0 Å². The molecule has 1 fully saturated rings. The molecule has 1 heteroatoms. The van der Waals surface area contributed by atoms with Crippen LogP contribution in [0, 0.1) is 5.41 Å². The van der Waals surface area contributed by atoms with Crippen LogP contribution in [0.5, 0.6) is 0 Å². The van der Waals surface area contributed by atoms with Gasteiger partial charge in [-0.15, -0.1) is 0 Å². The molecule has 0 N–H and O–H groups in total. The van der Waals surface area contributed by atoms with Gasteiger partial charge in [0.05, 0.1) is 13.2 Å². The highest BCUT2D eigenvalue weighted by molar-refractivity contribution is 4.79. The molecule has 0 radical (unpaired) electrons. The van der Waals surface area contributed by atoms with Gasteiger partial charge in [-0.25, -0.2) is 0 Å². The van der Waals surface area contributed by atoms with E-state index in [1.807, 2.05) is 0 Å². The van der Waals surface area contributed by atoms with Crippen molar-refractivity contribution in [3.63, 3.8) is 0 Å². The molecule has 0 spiro atoms. The van der Waals surface area contributed by atoms with Gasteiger partial charge in [-0.05, 0) is 6.42 Å². The van der Waals surface area contributed by atoms with Crippen LogP contribution in [0.1, 0.15) is 26.7 Å². The maximum Gasteiger partial charge on any atom is 0.0542 e. The molecule has 8 heavy (non-hydrogen) atoms. The number of hydrogen-bond donors (Lipinski definition) is 0. The van der Waals surface area contributed by atoms with E-state index in [1.165, 1.54) is 12.8 Å². The Morgan fingerprint density at radius 3 is 2.25 bits per heavy atom. The summed E-state index contributed by atoms with van der Waals surface area (Å²) in [4.78, 5) is 0. The summed E-state index contributed by atoms with van der Waals surface area (Å²) >= 11 is 0. The summed E-state index contributed by atoms with van der Waals surface area (Å²) in [6.07, 6.45) is 2.62. The van der Waals surface area contributed by atoms with E-state index >= 15 is 0 Å². The Hall–Kier alpha value is -0.0400. The highest BCUT2D eigenvalue weighted by Gasteiger charge is 2.31. The average Bonchev–Trinajstić information content (AvgIpc) is 1.64. The molecule has 1 aliphatic heterocycles. The quantitative estimate of drug-likeness (QED) is 0.532. The van der Waals surface area contributed by atoms with Crippen molar-refractivity contribution >= 4 is 0 Å². The van der Waals surface area contributed by atoms with Crippen LogP contribution in [0.15, 0.2) is 0 Å². The lowest BCUT2D eigenvalue weighted by molar-refractivity contribution is -0.105. The van der Waals surface area contributed by atoms with E-state index in [4.69, 9.17) is 4.74 Å². The number of rotatable bonds is 2. The van der Waals surface area contributed by atoms with Gasteiger partial charge in [0, 0.05) is 5.41 Å². The predicted molar refractivity (Wildman–Crippen MR) is 33.8 cm³/mol. The molecule has 0 aromatic carbocycles. The minimum absolute atomic E-state index is 0.550. The second kappa shape index (κ2) is 2.06. The SMILES string of the molecule is CCCC1(C)COC1. The lowest BCUT2D eigenvalue weighted by Crippen LogP contribution is -2.39. The summed E-state index contributed by atoms with van der Waals surface area (Å²) in [5.41, 5.74) is 0.550. The summed E-state index contributed by atoms with van der Waals surface area (Å²) in [5, 5.41) is 0. The molecular weight excluding hydrogens is 100 g/mol. The van der Waals surface area contributed by atoms with Crippen LogP contribution >= 0.6 is 0 Å². The molecule has 1 heterocycles.